The van der Waals surface area contributed by atoms with Gasteiger partial charge in [0.25, 0.3) is 0 Å². The SMILES string of the molecule is CC(C)(C)c1cc(CC(=N)N)c(SCCN=C(N)N)c(CC(=O)c2cc(C(=O)Cc3cc(C(C)(C)C)cc(CC(=N)N)c3SCCN=C(N)N)c(OCCN=C(N)N)cc2OCCN=C(N)N)c1. The lowest BCUT2D eigenvalue weighted by Gasteiger charge is -2.24. The van der Waals surface area contributed by atoms with Crippen molar-refractivity contribution in [2.45, 2.75) is 87.8 Å². The fraction of sp³-hybridized carbons (Fsp3) is 0.435. The molecule has 3 rings (SSSR count). The Morgan fingerprint density at radius 3 is 1.09 bits per heavy atom. The fourth-order valence-corrected chi connectivity index (χ4v) is 8.80. The molecular formula is C46H70N16O4S2. The highest BCUT2D eigenvalue weighted by molar-refractivity contribution is 7.99. The number of hydrogen-bond donors (Lipinski definition) is 12. The zero-order valence-electron chi connectivity index (χ0n) is 40.0. The maximum Gasteiger partial charge on any atom is 0.186 e. The summed E-state index contributed by atoms with van der Waals surface area (Å²) in [6.07, 6.45) is -0.00160. The van der Waals surface area contributed by atoms with Crippen molar-refractivity contribution in [2.24, 2.45) is 77.3 Å². The van der Waals surface area contributed by atoms with Gasteiger partial charge in [-0.2, -0.15) is 0 Å². The monoisotopic (exact) mass is 975 g/mol. The van der Waals surface area contributed by atoms with Crippen LogP contribution in [0.3, 0.4) is 0 Å². The second-order valence-electron chi connectivity index (χ2n) is 17.8. The van der Waals surface area contributed by atoms with Gasteiger partial charge in [-0.25, -0.2) is 0 Å². The largest absolute Gasteiger partial charge is 0.491 e. The molecule has 68 heavy (non-hydrogen) atoms. The molecule has 0 atom stereocenters. The number of hydrogen-bond acceptors (Lipinski definition) is 12. The van der Waals surface area contributed by atoms with Crippen molar-refractivity contribution in [1.29, 1.82) is 10.8 Å². The third-order valence-corrected chi connectivity index (χ3v) is 12.3. The highest BCUT2D eigenvalue weighted by atomic mass is 32.2. The highest BCUT2D eigenvalue weighted by Crippen LogP contribution is 2.38. The van der Waals surface area contributed by atoms with Crippen LogP contribution in [-0.4, -0.2) is 98.0 Å². The van der Waals surface area contributed by atoms with Crippen molar-refractivity contribution in [2.75, 3.05) is 50.9 Å². The van der Waals surface area contributed by atoms with Gasteiger partial charge in [0.15, 0.2) is 35.4 Å². The smallest absolute Gasteiger partial charge is 0.186 e. The lowest BCUT2D eigenvalue weighted by atomic mass is 9.83. The molecule has 0 saturated carbocycles. The average Bonchev–Trinajstić information content (AvgIpc) is 3.20. The van der Waals surface area contributed by atoms with E-state index in [2.05, 4.69) is 61.5 Å². The van der Waals surface area contributed by atoms with Crippen molar-refractivity contribution in [3.63, 3.8) is 0 Å². The van der Waals surface area contributed by atoms with E-state index >= 15 is 9.59 Å². The Bertz CT molecular complexity index is 2260. The van der Waals surface area contributed by atoms with Crippen LogP contribution in [0.15, 0.2) is 66.2 Å². The van der Waals surface area contributed by atoms with E-state index in [9.17, 15) is 0 Å². The van der Waals surface area contributed by atoms with Crippen LogP contribution >= 0.6 is 23.5 Å². The van der Waals surface area contributed by atoms with E-state index in [0.717, 1.165) is 32.0 Å². The molecular weight excluding hydrogens is 905 g/mol. The van der Waals surface area contributed by atoms with Crippen LogP contribution in [0.25, 0.3) is 0 Å². The second kappa shape index (κ2) is 25.5. The van der Waals surface area contributed by atoms with E-state index in [0.29, 0.717) is 35.7 Å². The zero-order chi connectivity index (χ0) is 50.9. The summed E-state index contributed by atoms with van der Waals surface area (Å²) in [7, 11) is 0. The van der Waals surface area contributed by atoms with Gasteiger partial charge in [0.1, 0.15) is 24.7 Å². The van der Waals surface area contributed by atoms with Gasteiger partial charge < -0.3 is 66.8 Å². The van der Waals surface area contributed by atoms with Gasteiger partial charge in [-0.3, -0.25) is 40.4 Å². The Balaban J connectivity index is 2.37. The van der Waals surface area contributed by atoms with Crippen LogP contribution in [-0.2, 0) is 36.5 Å². The van der Waals surface area contributed by atoms with Gasteiger partial charge in [-0.15, -0.1) is 23.5 Å². The first kappa shape index (κ1) is 55.6. The molecule has 0 aliphatic rings. The number of carbonyl (C=O) groups is 2. The summed E-state index contributed by atoms with van der Waals surface area (Å²) in [4.78, 5) is 47.9. The minimum absolute atomic E-state index is 0.0357. The number of aliphatic imine (C=N–C) groups is 4. The average molecular weight is 975 g/mol. The highest BCUT2D eigenvalue weighted by Gasteiger charge is 2.27. The summed E-state index contributed by atoms with van der Waals surface area (Å²) >= 11 is 2.88. The molecule has 0 fully saturated rings. The number of ether oxygens (including phenoxy) is 2. The third kappa shape index (κ3) is 18.2. The van der Waals surface area contributed by atoms with Gasteiger partial charge in [0.05, 0.1) is 49.0 Å². The quantitative estimate of drug-likeness (QED) is 0.0180. The summed E-state index contributed by atoms with van der Waals surface area (Å²) in [6, 6.07) is 11.0. The summed E-state index contributed by atoms with van der Waals surface area (Å²) in [5.74, 6) is -0.113. The molecule has 0 amide bonds. The molecule has 22 heteroatoms. The number of rotatable bonds is 26. The number of carbonyl (C=O) groups excluding carboxylic acids is 2. The zero-order valence-corrected chi connectivity index (χ0v) is 41.6. The molecule has 0 heterocycles. The Labute approximate surface area is 407 Å². The molecule has 22 N–H and O–H groups in total. The predicted octanol–water partition coefficient (Wildman–Crippen LogP) is 2.12. The van der Waals surface area contributed by atoms with Crippen LogP contribution in [0, 0.1) is 10.8 Å². The van der Waals surface area contributed by atoms with E-state index in [1.54, 1.807) is 0 Å². The van der Waals surface area contributed by atoms with Crippen molar-refractivity contribution < 1.29 is 19.1 Å². The standard InChI is InChI=1S/C46H70N16O4S2/c1-45(2,3)29-15-25(39(27(17-29)21-37(47)48)67-13-9-61-43(55)56)19-33(63)31-23-32(36(66-12-8-60-42(53)54)24-35(31)65-11-7-59-41(51)52)34(64)20-26-16-30(46(4,5)6)18-28(22-38(49)50)40(26)68-14-10-62-44(57)58/h15-18,23-24H,7-14,19-22H2,1-6H3,(H3,47,48)(H3,49,50)(H4,51,52,59)(H4,53,54,60)(H4,55,56,61)(H4,57,58,62). The molecule has 0 saturated heterocycles. The summed E-state index contributed by atoms with van der Waals surface area (Å²) in [5, 5.41) is 16.4. The Kier molecular flexibility index (Phi) is 20.8. The Morgan fingerprint density at radius 1 is 0.485 bits per heavy atom. The van der Waals surface area contributed by atoms with Crippen molar-refractivity contribution in [1.82, 2.24) is 0 Å². The van der Waals surface area contributed by atoms with Crippen molar-refractivity contribution >= 4 is 70.6 Å². The van der Waals surface area contributed by atoms with Crippen LogP contribution in [0.1, 0.15) is 95.6 Å². The summed E-state index contributed by atoms with van der Waals surface area (Å²) in [5.41, 5.74) is 61.0. The normalized spacial score (nSPS) is 11.3. The molecule has 0 spiro atoms. The van der Waals surface area contributed by atoms with E-state index in [1.807, 2.05) is 24.3 Å². The molecule has 0 radical (unpaired) electrons. The molecule has 0 aromatic heterocycles. The number of guanidine groups is 4. The molecule has 0 unspecified atom stereocenters. The van der Waals surface area contributed by atoms with Gasteiger partial charge in [0, 0.05) is 53.0 Å². The minimum Gasteiger partial charge on any atom is -0.491 e. The summed E-state index contributed by atoms with van der Waals surface area (Å²) in [6.45, 7) is 13.0. The minimum atomic E-state index is -0.386. The number of amidine groups is 2. The topological polar surface area (TPSA) is 410 Å². The number of thioether (sulfide) groups is 2. The van der Waals surface area contributed by atoms with E-state index in [4.69, 9.17) is 77.6 Å². The number of Topliss-reactive ketones (excluding diaryl/α,β-unsaturated/α-hetero) is 2. The third-order valence-electron chi connectivity index (χ3n) is 9.91. The van der Waals surface area contributed by atoms with E-state index in [1.165, 1.54) is 35.7 Å². The van der Waals surface area contributed by atoms with Gasteiger partial charge >= 0.3 is 0 Å². The summed E-state index contributed by atoms with van der Waals surface area (Å²) < 4.78 is 12.4. The first-order chi connectivity index (χ1) is 31.8. The molecule has 0 aliphatic carbocycles. The number of nitrogens with two attached hydrogens (primary N) is 10. The maximum absolute atomic E-state index is 15.0. The number of benzene rings is 3. The number of nitrogens with one attached hydrogen (secondary N) is 2. The lowest BCUT2D eigenvalue weighted by Crippen LogP contribution is -2.24. The predicted molar refractivity (Wildman–Crippen MR) is 279 cm³/mol. The maximum atomic E-state index is 15.0. The van der Waals surface area contributed by atoms with Gasteiger partial charge in [-0.1, -0.05) is 65.8 Å². The molecule has 3 aromatic carbocycles. The number of nitrogens with zero attached hydrogens (tertiary/aromatic N) is 4. The Morgan fingerprint density at radius 2 is 0.794 bits per heavy atom. The van der Waals surface area contributed by atoms with Crippen LogP contribution < -0.4 is 66.8 Å². The van der Waals surface area contributed by atoms with Crippen LogP contribution in [0.4, 0.5) is 0 Å². The molecule has 370 valence electrons. The van der Waals surface area contributed by atoms with Crippen molar-refractivity contribution in [3.8, 4) is 11.5 Å². The number of ketones is 2. The molecule has 20 nitrogen and oxygen atoms in total. The lowest BCUT2D eigenvalue weighted by molar-refractivity contribution is 0.0988. The first-order valence-corrected chi connectivity index (χ1v) is 23.7. The first-order valence-electron chi connectivity index (χ1n) is 21.7. The fourth-order valence-electron chi connectivity index (χ4n) is 6.76. The molecule has 3 aromatic rings. The molecule has 0 bridgehead atoms. The van der Waals surface area contributed by atoms with E-state index < -0.39 is 0 Å². The Hall–Kier alpha value is -6.68. The van der Waals surface area contributed by atoms with Gasteiger partial charge in [0.2, 0.25) is 0 Å². The van der Waals surface area contributed by atoms with Crippen LogP contribution in [0.2, 0.25) is 0 Å². The second-order valence-corrected chi connectivity index (χ2v) is 20.0. The van der Waals surface area contributed by atoms with Crippen LogP contribution in [0.5, 0.6) is 11.5 Å². The van der Waals surface area contributed by atoms with Gasteiger partial charge in [-0.05, 0) is 50.3 Å². The van der Waals surface area contributed by atoms with E-state index in [-0.39, 0.29) is 133 Å². The van der Waals surface area contributed by atoms with Crippen molar-refractivity contribution in [3.05, 3.63) is 80.9 Å². The molecule has 0 aliphatic heterocycles.